The van der Waals surface area contributed by atoms with E-state index in [1.165, 1.54) is 12.8 Å². The lowest BCUT2D eigenvalue weighted by molar-refractivity contribution is -0.121. The molecule has 2 N–H and O–H groups in total. The molecule has 1 aromatic rings. The molecule has 1 aromatic heterocycles. The van der Waals surface area contributed by atoms with Crippen molar-refractivity contribution in [2.75, 3.05) is 18.4 Å². The Hall–Kier alpha value is -1.62. The van der Waals surface area contributed by atoms with Crippen LogP contribution in [0.15, 0.2) is 17.1 Å². The van der Waals surface area contributed by atoms with E-state index in [9.17, 15) is 9.59 Å². The Morgan fingerprint density at radius 2 is 2.10 bits per heavy atom. The van der Waals surface area contributed by atoms with Gasteiger partial charge in [-0.25, -0.2) is 0 Å². The third kappa shape index (κ3) is 2.77. The number of carbonyl (C=O) groups is 1. The van der Waals surface area contributed by atoms with E-state index < -0.39 is 0 Å². The van der Waals surface area contributed by atoms with Crippen LogP contribution in [0.1, 0.15) is 31.2 Å². The Balaban J connectivity index is 1.72. The number of rotatable bonds is 4. The molecule has 1 amide bonds. The van der Waals surface area contributed by atoms with Gasteiger partial charge >= 0.3 is 0 Å². The summed E-state index contributed by atoms with van der Waals surface area (Å²) >= 11 is 0. The fraction of sp³-hybridized carbons (Fsp3) is 0.600. The van der Waals surface area contributed by atoms with E-state index in [1.54, 1.807) is 19.2 Å². The van der Waals surface area contributed by atoms with Crippen molar-refractivity contribution in [3.05, 3.63) is 28.2 Å². The van der Waals surface area contributed by atoms with E-state index in [-0.39, 0.29) is 17.5 Å². The number of H-pyrrole nitrogens is 1. The van der Waals surface area contributed by atoms with E-state index in [4.69, 9.17) is 0 Å². The molecule has 0 spiro atoms. The van der Waals surface area contributed by atoms with Gasteiger partial charge in [-0.1, -0.05) is 0 Å². The van der Waals surface area contributed by atoms with Crippen LogP contribution in [0.25, 0.3) is 0 Å². The first-order chi connectivity index (χ1) is 9.65. The van der Waals surface area contributed by atoms with Crippen molar-refractivity contribution in [1.82, 2.24) is 9.88 Å². The van der Waals surface area contributed by atoms with Crippen LogP contribution in [0.4, 0.5) is 5.69 Å². The standard InChI is InChI=1S/C15H21N3O2/c1-10-8-12(9-16-14(10)19)17-15(20)13(11-4-5-11)18-6-2-3-7-18/h8-9,11,13H,2-7H2,1H3,(H,16,19)(H,17,20). The smallest absolute Gasteiger partial charge is 0.250 e. The molecule has 1 saturated heterocycles. The maximum Gasteiger partial charge on any atom is 0.250 e. The molecule has 1 atom stereocenters. The zero-order valence-electron chi connectivity index (χ0n) is 11.8. The number of nitrogens with one attached hydrogen (secondary N) is 2. The molecule has 2 fully saturated rings. The number of aromatic amines is 1. The lowest BCUT2D eigenvalue weighted by Gasteiger charge is -2.26. The van der Waals surface area contributed by atoms with E-state index >= 15 is 0 Å². The molecule has 3 rings (SSSR count). The average molecular weight is 275 g/mol. The first-order valence-corrected chi connectivity index (χ1v) is 7.39. The summed E-state index contributed by atoms with van der Waals surface area (Å²) in [5, 5.41) is 2.96. The van der Waals surface area contributed by atoms with Gasteiger partial charge in [-0.3, -0.25) is 14.5 Å². The van der Waals surface area contributed by atoms with Gasteiger partial charge in [-0.15, -0.1) is 0 Å². The minimum atomic E-state index is -0.110. The maximum absolute atomic E-state index is 12.5. The number of likely N-dealkylation sites (tertiary alicyclic amines) is 1. The predicted molar refractivity (Wildman–Crippen MR) is 77.7 cm³/mol. The largest absolute Gasteiger partial charge is 0.327 e. The van der Waals surface area contributed by atoms with Crippen molar-refractivity contribution >= 4 is 11.6 Å². The van der Waals surface area contributed by atoms with Crippen LogP contribution in [0.3, 0.4) is 0 Å². The Bertz CT molecular complexity index is 556. The minimum Gasteiger partial charge on any atom is -0.327 e. The first-order valence-electron chi connectivity index (χ1n) is 7.39. The number of anilines is 1. The highest BCUT2D eigenvalue weighted by atomic mass is 16.2. The van der Waals surface area contributed by atoms with Crippen molar-refractivity contribution in [2.45, 2.75) is 38.6 Å². The first kappa shape index (κ1) is 13.4. The maximum atomic E-state index is 12.5. The molecule has 1 aliphatic heterocycles. The Morgan fingerprint density at radius 3 is 2.70 bits per heavy atom. The number of carbonyl (C=O) groups excluding carboxylic acids is 1. The monoisotopic (exact) mass is 275 g/mol. The number of aromatic nitrogens is 1. The van der Waals surface area contributed by atoms with Gasteiger partial charge in [0.15, 0.2) is 0 Å². The zero-order valence-corrected chi connectivity index (χ0v) is 11.8. The van der Waals surface area contributed by atoms with Crippen LogP contribution < -0.4 is 10.9 Å². The molecule has 108 valence electrons. The van der Waals surface area contributed by atoms with Crippen molar-refractivity contribution < 1.29 is 4.79 Å². The van der Waals surface area contributed by atoms with Crippen LogP contribution in [0.2, 0.25) is 0 Å². The summed E-state index contributed by atoms with van der Waals surface area (Å²) in [6, 6.07) is 1.73. The van der Waals surface area contributed by atoms with Gasteiger partial charge in [0.25, 0.3) is 5.56 Å². The summed E-state index contributed by atoms with van der Waals surface area (Å²) in [7, 11) is 0. The Kier molecular flexibility index (Phi) is 3.61. The van der Waals surface area contributed by atoms with E-state index in [2.05, 4.69) is 15.2 Å². The topological polar surface area (TPSA) is 65.2 Å². The van der Waals surface area contributed by atoms with Gasteiger partial charge in [-0.2, -0.15) is 0 Å². The second-order valence-corrected chi connectivity index (χ2v) is 5.92. The fourth-order valence-electron chi connectivity index (χ4n) is 3.00. The van der Waals surface area contributed by atoms with Gasteiger partial charge < -0.3 is 10.3 Å². The number of nitrogens with zero attached hydrogens (tertiary/aromatic N) is 1. The van der Waals surface area contributed by atoms with Gasteiger partial charge in [0.05, 0.1) is 11.7 Å². The molecule has 2 heterocycles. The Morgan fingerprint density at radius 1 is 1.40 bits per heavy atom. The molecule has 1 saturated carbocycles. The molecule has 1 aliphatic carbocycles. The van der Waals surface area contributed by atoms with Crippen LogP contribution in [-0.4, -0.2) is 34.9 Å². The highest BCUT2D eigenvalue weighted by molar-refractivity contribution is 5.95. The predicted octanol–water partition coefficient (Wildman–Crippen LogP) is 1.50. The summed E-state index contributed by atoms with van der Waals surface area (Å²) in [5.41, 5.74) is 1.19. The highest BCUT2D eigenvalue weighted by Gasteiger charge is 2.40. The molecule has 0 radical (unpaired) electrons. The van der Waals surface area contributed by atoms with Crippen LogP contribution in [0, 0.1) is 12.8 Å². The van der Waals surface area contributed by atoms with Crippen LogP contribution >= 0.6 is 0 Å². The van der Waals surface area contributed by atoms with Gasteiger partial charge in [0.1, 0.15) is 0 Å². The second-order valence-electron chi connectivity index (χ2n) is 5.92. The SMILES string of the molecule is Cc1cc(NC(=O)C(C2CC2)N2CCCC2)c[nH]c1=O. The summed E-state index contributed by atoms with van der Waals surface area (Å²) in [6.07, 6.45) is 6.25. The minimum absolute atomic E-state index is 0.00438. The molecule has 0 bridgehead atoms. The summed E-state index contributed by atoms with van der Waals surface area (Å²) in [6.45, 7) is 3.80. The molecular formula is C15H21N3O2. The third-order valence-electron chi connectivity index (χ3n) is 4.23. The van der Waals surface area contributed by atoms with E-state index in [0.717, 1.165) is 25.9 Å². The average Bonchev–Trinajstić information content (AvgIpc) is 3.09. The normalized spacial score (nSPS) is 20.9. The lowest BCUT2D eigenvalue weighted by Crippen LogP contribution is -2.44. The molecule has 5 nitrogen and oxygen atoms in total. The molecule has 2 aliphatic rings. The number of hydrogen-bond acceptors (Lipinski definition) is 3. The van der Waals surface area contributed by atoms with Crippen LogP contribution in [0.5, 0.6) is 0 Å². The summed E-state index contributed by atoms with van der Waals surface area (Å²) < 4.78 is 0. The van der Waals surface area contributed by atoms with E-state index in [1.807, 2.05) is 0 Å². The fourth-order valence-corrected chi connectivity index (χ4v) is 3.00. The van der Waals surface area contributed by atoms with Crippen molar-refractivity contribution in [3.8, 4) is 0 Å². The lowest BCUT2D eigenvalue weighted by atomic mass is 10.1. The highest BCUT2D eigenvalue weighted by Crippen LogP contribution is 2.37. The summed E-state index contributed by atoms with van der Waals surface area (Å²) in [5.74, 6) is 0.581. The zero-order chi connectivity index (χ0) is 14.1. The summed E-state index contributed by atoms with van der Waals surface area (Å²) in [4.78, 5) is 28.8. The molecule has 5 heteroatoms. The number of aryl methyl sites for hydroxylation is 1. The van der Waals surface area contributed by atoms with Gasteiger partial charge in [-0.05, 0) is 57.7 Å². The van der Waals surface area contributed by atoms with Gasteiger partial charge in [0, 0.05) is 11.8 Å². The van der Waals surface area contributed by atoms with Crippen molar-refractivity contribution in [2.24, 2.45) is 5.92 Å². The quantitative estimate of drug-likeness (QED) is 0.875. The molecule has 0 aromatic carbocycles. The Labute approximate surface area is 118 Å². The number of amides is 1. The second kappa shape index (κ2) is 5.40. The number of pyridine rings is 1. The van der Waals surface area contributed by atoms with Crippen LogP contribution in [-0.2, 0) is 4.79 Å². The molecular weight excluding hydrogens is 254 g/mol. The molecule has 1 unspecified atom stereocenters. The van der Waals surface area contributed by atoms with Crippen molar-refractivity contribution in [3.63, 3.8) is 0 Å². The van der Waals surface area contributed by atoms with Gasteiger partial charge in [0.2, 0.25) is 5.91 Å². The van der Waals surface area contributed by atoms with Crippen molar-refractivity contribution in [1.29, 1.82) is 0 Å². The number of hydrogen-bond donors (Lipinski definition) is 2. The molecule has 20 heavy (non-hydrogen) atoms. The van der Waals surface area contributed by atoms with E-state index in [0.29, 0.717) is 17.2 Å². The third-order valence-corrected chi connectivity index (χ3v) is 4.23.